The van der Waals surface area contributed by atoms with E-state index in [2.05, 4.69) is 15.9 Å². The first kappa shape index (κ1) is 69.2. The summed E-state index contributed by atoms with van der Waals surface area (Å²) in [4.78, 5) is 0. The molecule has 402 valence electrons. The molecule has 0 atom stereocenters. The minimum atomic E-state index is -5.99. The maximum Gasteiger partial charge on any atom is 0.431 e. The predicted octanol–water partition coefficient (Wildman–Crippen LogP) is 7.28. The van der Waals surface area contributed by atoms with Crippen LogP contribution in [0.2, 0.25) is 0 Å². The fourth-order valence-electron chi connectivity index (χ4n) is 4.43. The number of rotatable bonds is 41. The fourth-order valence-corrected chi connectivity index (χ4v) is 4.83. The second kappa shape index (κ2) is 42.8. The lowest BCUT2D eigenvalue weighted by Crippen LogP contribution is -2.53. The van der Waals surface area contributed by atoms with Crippen LogP contribution in [-0.2, 0) is 47.4 Å². The molecule has 0 amide bonds. The van der Waals surface area contributed by atoms with Crippen LogP contribution in [0.1, 0.15) is 51.4 Å². The van der Waals surface area contributed by atoms with E-state index in [4.69, 9.17) is 62.7 Å². The Morgan fingerprint density at radius 2 is 0.455 bits per heavy atom. The summed E-state index contributed by atoms with van der Waals surface area (Å²) in [5, 5.41) is 25.9. The molecule has 0 spiro atoms. The molecular formula is C38H67BrF14O13. The molecule has 66 heavy (non-hydrogen) atoms. The number of hydrogen-bond acceptors (Lipinski definition) is 13. The fraction of sp³-hybridized carbons (Fsp3) is 1.00. The molecule has 0 aromatic heterocycles. The number of hydrogen-bond donors (Lipinski definition) is 3. The summed E-state index contributed by atoms with van der Waals surface area (Å²) in [5.41, 5.74) is -10.3. The highest BCUT2D eigenvalue weighted by atomic mass is 79.9. The summed E-state index contributed by atoms with van der Waals surface area (Å²) < 4.78 is 224. The molecule has 0 saturated carbocycles. The van der Waals surface area contributed by atoms with E-state index in [1.807, 2.05) is 0 Å². The van der Waals surface area contributed by atoms with E-state index >= 15 is 0 Å². The van der Waals surface area contributed by atoms with E-state index in [-0.39, 0.29) is 65.5 Å². The first-order valence-corrected chi connectivity index (χ1v) is 22.0. The number of halogens is 15. The molecule has 0 heterocycles. The second-order valence-electron chi connectivity index (χ2n) is 13.2. The minimum Gasteiger partial charge on any atom is -0.394 e. The number of aliphatic hydroxyl groups excluding tert-OH is 3. The third-order valence-electron chi connectivity index (χ3n) is 7.95. The van der Waals surface area contributed by atoms with Gasteiger partial charge < -0.3 is 62.7 Å². The summed E-state index contributed by atoms with van der Waals surface area (Å²) >= 11 is 2.97. The quantitative estimate of drug-likeness (QED) is 0.0320. The van der Waals surface area contributed by atoms with Crippen LogP contribution in [0.4, 0.5) is 61.5 Å². The van der Waals surface area contributed by atoms with E-state index in [9.17, 15) is 61.5 Å². The van der Waals surface area contributed by atoms with Crippen LogP contribution >= 0.6 is 15.9 Å². The molecule has 0 radical (unpaired) electrons. The standard InChI is InChI=1S/C16H34O9.C14H23F7O4.C8H10BrF7/c17-1-3-19-5-7-21-9-11-23-13-15-25-16-14-24-12-10-22-8-6-20-4-2-18;15-12(13(16,17)18,14(19,20)21)4-2-1-3-6-23-8-10-25-11-9-24-7-5-22;9-5-3-1-2-4-6(10,7(11,12)13)8(14,15)16/h17-18H,1-16H2;22H,1-11H2;1-5H2. The first-order valence-electron chi connectivity index (χ1n) is 20.8. The van der Waals surface area contributed by atoms with Gasteiger partial charge in [0, 0.05) is 11.9 Å². The molecular weight excluding hydrogens is 1010 g/mol. The Labute approximate surface area is 384 Å². The van der Waals surface area contributed by atoms with Gasteiger partial charge in [-0.15, -0.1) is 0 Å². The van der Waals surface area contributed by atoms with Crippen molar-refractivity contribution < 1.29 is 124 Å². The lowest BCUT2D eigenvalue weighted by molar-refractivity contribution is -0.344. The zero-order valence-corrected chi connectivity index (χ0v) is 38.3. The van der Waals surface area contributed by atoms with Crippen LogP contribution < -0.4 is 0 Å². The average molecular weight is 1080 g/mol. The highest BCUT2D eigenvalue weighted by molar-refractivity contribution is 9.09. The van der Waals surface area contributed by atoms with Crippen LogP contribution in [-0.4, -0.2) is 209 Å². The number of aliphatic hydroxyl groups is 3. The molecule has 3 N–H and O–H groups in total. The lowest BCUT2D eigenvalue weighted by Gasteiger charge is -2.29. The van der Waals surface area contributed by atoms with Crippen molar-refractivity contribution >= 4 is 15.9 Å². The van der Waals surface area contributed by atoms with Gasteiger partial charge in [-0.2, -0.15) is 52.7 Å². The van der Waals surface area contributed by atoms with E-state index in [1.54, 1.807) is 0 Å². The normalized spacial score (nSPS) is 12.8. The maximum atomic E-state index is 13.3. The Kier molecular flexibility index (Phi) is 44.9. The van der Waals surface area contributed by atoms with Gasteiger partial charge in [0.15, 0.2) is 0 Å². The SMILES string of the molecule is FC(F)(F)C(F)(CCCCCBr)C(F)(F)F.OCCOCCOCCOCCCCCC(F)(C(F)(F)F)C(F)(F)F.OCCOCCOCCOCCOCCOCCOCCOCCO. The van der Waals surface area contributed by atoms with Gasteiger partial charge in [0.1, 0.15) is 0 Å². The van der Waals surface area contributed by atoms with E-state index in [0.29, 0.717) is 117 Å². The third-order valence-corrected chi connectivity index (χ3v) is 8.51. The molecule has 0 unspecified atom stereocenters. The Hall–Kier alpha value is -1.02. The van der Waals surface area contributed by atoms with Gasteiger partial charge in [-0.05, 0) is 38.5 Å². The van der Waals surface area contributed by atoms with Crippen LogP contribution in [0.5, 0.6) is 0 Å². The van der Waals surface area contributed by atoms with Crippen LogP contribution in [0.25, 0.3) is 0 Å². The number of alkyl halides is 15. The van der Waals surface area contributed by atoms with Crippen molar-refractivity contribution in [2.75, 3.05) is 157 Å². The van der Waals surface area contributed by atoms with Gasteiger partial charge in [-0.1, -0.05) is 28.8 Å². The molecule has 0 bridgehead atoms. The molecule has 0 aliphatic heterocycles. The van der Waals surface area contributed by atoms with Gasteiger partial charge in [0.25, 0.3) is 11.3 Å². The summed E-state index contributed by atoms with van der Waals surface area (Å²) in [6.45, 7) is 8.12. The van der Waals surface area contributed by atoms with Crippen LogP contribution in [0.3, 0.4) is 0 Å². The average Bonchev–Trinajstić information content (AvgIpc) is 3.23. The maximum absolute atomic E-state index is 13.3. The van der Waals surface area contributed by atoms with Crippen molar-refractivity contribution in [3.8, 4) is 0 Å². The van der Waals surface area contributed by atoms with Crippen molar-refractivity contribution in [2.45, 2.75) is 87.4 Å². The van der Waals surface area contributed by atoms with E-state index < -0.39 is 61.7 Å². The lowest BCUT2D eigenvalue weighted by atomic mass is 9.96. The molecule has 13 nitrogen and oxygen atoms in total. The van der Waals surface area contributed by atoms with Crippen molar-refractivity contribution in [2.24, 2.45) is 0 Å². The zero-order chi connectivity index (χ0) is 50.7. The molecule has 0 fully saturated rings. The molecule has 0 aliphatic rings. The summed E-state index contributed by atoms with van der Waals surface area (Å²) in [6, 6.07) is 0. The highest BCUT2D eigenvalue weighted by Gasteiger charge is 2.72. The van der Waals surface area contributed by atoms with Gasteiger partial charge in [0.05, 0.1) is 145 Å². The van der Waals surface area contributed by atoms with Crippen molar-refractivity contribution in [1.82, 2.24) is 0 Å². The largest absolute Gasteiger partial charge is 0.431 e. The van der Waals surface area contributed by atoms with Crippen molar-refractivity contribution in [3.05, 3.63) is 0 Å². The third kappa shape index (κ3) is 37.8. The first-order chi connectivity index (χ1) is 31.0. The molecule has 0 rings (SSSR count). The highest BCUT2D eigenvalue weighted by Crippen LogP contribution is 2.50. The summed E-state index contributed by atoms with van der Waals surface area (Å²) in [5.74, 6) is 0. The van der Waals surface area contributed by atoms with Gasteiger partial charge in [-0.25, -0.2) is 8.78 Å². The molecule has 0 aliphatic carbocycles. The summed E-state index contributed by atoms with van der Waals surface area (Å²) in [7, 11) is 0. The topological polar surface area (TPSA) is 153 Å². The molecule has 0 aromatic carbocycles. The Morgan fingerprint density at radius 1 is 0.258 bits per heavy atom. The Bertz CT molecular complexity index is 987. The Balaban J connectivity index is -0.000000927. The zero-order valence-electron chi connectivity index (χ0n) is 36.7. The van der Waals surface area contributed by atoms with Crippen LogP contribution in [0, 0.1) is 0 Å². The van der Waals surface area contributed by atoms with E-state index in [1.165, 1.54) is 0 Å². The Morgan fingerprint density at radius 3 is 0.652 bits per heavy atom. The smallest absolute Gasteiger partial charge is 0.394 e. The van der Waals surface area contributed by atoms with E-state index in [0.717, 1.165) is 0 Å². The number of ether oxygens (including phenoxy) is 10. The second-order valence-corrected chi connectivity index (χ2v) is 14.0. The van der Waals surface area contributed by atoms with Gasteiger partial charge in [0.2, 0.25) is 0 Å². The van der Waals surface area contributed by atoms with Crippen molar-refractivity contribution in [3.63, 3.8) is 0 Å². The molecule has 28 heteroatoms. The van der Waals surface area contributed by atoms with Crippen LogP contribution in [0.15, 0.2) is 0 Å². The van der Waals surface area contributed by atoms with Crippen molar-refractivity contribution in [1.29, 1.82) is 0 Å². The predicted molar refractivity (Wildman–Crippen MR) is 212 cm³/mol. The summed E-state index contributed by atoms with van der Waals surface area (Å²) in [6.07, 6.45) is -27.3. The van der Waals surface area contributed by atoms with Gasteiger partial charge >= 0.3 is 24.7 Å². The number of unbranched alkanes of at least 4 members (excludes halogenated alkanes) is 4. The molecule has 0 saturated heterocycles. The van der Waals surface area contributed by atoms with Gasteiger partial charge in [-0.3, -0.25) is 0 Å². The minimum absolute atomic E-state index is 0.0202. The monoisotopic (exact) mass is 1080 g/mol. The molecule has 0 aromatic rings.